The van der Waals surface area contributed by atoms with Crippen LogP contribution in [0.5, 0.6) is 0 Å². The number of carbonyl (C=O) groups is 2. The van der Waals surface area contributed by atoms with E-state index < -0.39 is 0 Å². The molecule has 0 bridgehead atoms. The van der Waals surface area contributed by atoms with Crippen LogP contribution in [0, 0.1) is 28.6 Å². The molecule has 0 unspecified atom stereocenters. The van der Waals surface area contributed by atoms with Crippen molar-refractivity contribution in [3.8, 4) is 0 Å². The maximum Gasteiger partial charge on any atom is 0.155 e. The largest absolute Gasteiger partial charge is 0.382 e. The molecule has 0 N–H and O–H groups in total. The van der Waals surface area contributed by atoms with Crippen molar-refractivity contribution >= 4 is 11.6 Å². The van der Waals surface area contributed by atoms with Gasteiger partial charge in [0.05, 0.1) is 19.8 Å². The van der Waals surface area contributed by atoms with Crippen LogP contribution in [0.2, 0.25) is 0 Å². The van der Waals surface area contributed by atoms with Crippen molar-refractivity contribution < 1.29 is 23.8 Å². The molecular formula is C23H34O5. The van der Waals surface area contributed by atoms with E-state index in [1.807, 2.05) is 6.08 Å². The maximum atomic E-state index is 12.6. The van der Waals surface area contributed by atoms with Gasteiger partial charge in [-0.2, -0.15) is 0 Å². The second kappa shape index (κ2) is 8.00. The summed E-state index contributed by atoms with van der Waals surface area (Å²) in [5.41, 5.74) is 1.14. The molecule has 3 fully saturated rings. The highest BCUT2D eigenvalue weighted by Crippen LogP contribution is 2.64. The number of hydrogen-bond acceptors (Lipinski definition) is 5. The Bertz CT molecular complexity index is 655. The van der Waals surface area contributed by atoms with Crippen molar-refractivity contribution in [3.63, 3.8) is 0 Å². The van der Waals surface area contributed by atoms with Crippen LogP contribution in [-0.2, 0) is 23.8 Å². The zero-order chi connectivity index (χ0) is 19.8. The van der Waals surface area contributed by atoms with Gasteiger partial charge in [-0.05, 0) is 62.4 Å². The van der Waals surface area contributed by atoms with Crippen LogP contribution in [0.15, 0.2) is 11.6 Å². The van der Waals surface area contributed by atoms with Crippen molar-refractivity contribution in [1.29, 1.82) is 0 Å². The summed E-state index contributed by atoms with van der Waals surface area (Å²) >= 11 is 0. The van der Waals surface area contributed by atoms with E-state index in [1.165, 1.54) is 5.57 Å². The van der Waals surface area contributed by atoms with Gasteiger partial charge >= 0.3 is 0 Å². The lowest BCUT2D eigenvalue weighted by Crippen LogP contribution is -2.53. The fraction of sp³-hybridized carbons (Fsp3) is 0.826. The number of hydrogen-bond donors (Lipinski definition) is 0. The predicted octanol–water partition coefficient (Wildman–Crippen LogP) is 3.70. The molecule has 4 rings (SSSR count). The topological polar surface area (TPSA) is 61.8 Å². The number of carbonyl (C=O) groups excluding carboxylic acids is 2. The van der Waals surface area contributed by atoms with Crippen LogP contribution in [0.3, 0.4) is 0 Å². The van der Waals surface area contributed by atoms with Gasteiger partial charge in [0.25, 0.3) is 0 Å². The summed E-state index contributed by atoms with van der Waals surface area (Å²) in [6.07, 6.45) is 9.37. The van der Waals surface area contributed by atoms with Gasteiger partial charge in [-0.15, -0.1) is 0 Å². The van der Waals surface area contributed by atoms with Crippen molar-refractivity contribution in [1.82, 2.24) is 0 Å². The molecule has 0 aromatic rings. The fourth-order valence-electron chi connectivity index (χ4n) is 6.89. The number of ether oxygens (including phenoxy) is 3. The molecule has 0 amide bonds. The first-order valence-electron chi connectivity index (χ1n) is 10.9. The second-order valence-corrected chi connectivity index (χ2v) is 9.49. The first-order chi connectivity index (χ1) is 13.5. The number of Topliss-reactive ketones (excluding diaryl/α,β-unsaturated/α-hetero) is 1. The van der Waals surface area contributed by atoms with Crippen LogP contribution in [0.1, 0.15) is 58.3 Å². The molecule has 0 spiro atoms. The van der Waals surface area contributed by atoms with Gasteiger partial charge in [0, 0.05) is 30.8 Å². The Morgan fingerprint density at radius 2 is 1.86 bits per heavy atom. The Kier molecular flexibility index (Phi) is 5.78. The predicted molar refractivity (Wildman–Crippen MR) is 105 cm³/mol. The molecule has 0 aromatic carbocycles. The van der Waals surface area contributed by atoms with E-state index in [4.69, 9.17) is 14.2 Å². The summed E-state index contributed by atoms with van der Waals surface area (Å²) in [7, 11) is 1.66. The Hall–Kier alpha value is -1.04. The molecule has 0 saturated heterocycles. The molecule has 0 aromatic heterocycles. The average Bonchev–Trinajstić information content (AvgIpc) is 2.99. The molecule has 5 heteroatoms. The summed E-state index contributed by atoms with van der Waals surface area (Å²) < 4.78 is 16.6. The molecule has 4 aliphatic carbocycles. The van der Waals surface area contributed by atoms with E-state index >= 15 is 0 Å². The van der Waals surface area contributed by atoms with Gasteiger partial charge in [-0.1, -0.05) is 12.5 Å². The molecule has 0 aliphatic heterocycles. The summed E-state index contributed by atoms with van der Waals surface area (Å²) in [6, 6.07) is 0. The quantitative estimate of drug-likeness (QED) is 0.490. The van der Waals surface area contributed by atoms with Crippen LogP contribution in [-0.4, -0.2) is 45.3 Å². The minimum absolute atomic E-state index is 0.0472. The summed E-state index contributed by atoms with van der Waals surface area (Å²) in [6.45, 7) is 4.19. The van der Waals surface area contributed by atoms with Gasteiger partial charge in [0.1, 0.15) is 12.6 Å². The fourth-order valence-corrected chi connectivity index (χ4v) is 6.89. The van der Waals surface area contributed by atoms with Gasteiger partial charge in [0.2, 0.25) is 0 Å². The molecular weight excluding hydrogens is 356 g/mol. The SMILES string of the molecule is COCCOCOC[C@]12CCC(=O)C=C1CC[C@@H]1[C@@H]2CC[C@]2(C)C(=O)CC[C@@H]12. The standard InChI is InChI=1S/C23H34O5/c1-22-9-8-20-18(19(22)5-6-21(22)25)4-3-16-13-17(24)7-10-23(16,20)14-28-15-27-12-11-26-2/h13,18-20H,3-12,14-15H2,1-2H3/t18-,19-,20-,22-,23+/m0/s1. The normalized spacial score (nSPS) is 39.9. The van der Waals surface area contributed by atoms with Crippen molar-refractivity contribution in [2.45, 2.75) is 58.3 Å². The molecule has 5 nitrogen and oxygen atoms in total. The smallest absolute Gasteiger partial charge is 0.155 e. The average molecular weight is 391 g/mol. The third kappa shape index (κ3) is 3.29. The monoisotopic (exact) mass is 390 g/mol. The molecule has 0 heterocycles. The second-order valence-electron chi connectivity index (χ2n) is 9.49. The van der Waals surface area contributed by atoms with E-state index in [1.54, 1.807) is 7.11 Å². The van der Waals surface area contributed by atoms with E-state index in [2.05, 4.69) is 6.92 Å². The first kappa shape index (κ1) is 20.2. The number of methoxy groups -OCH3 is 1. The van der Waals surface area contributed by atoms with Gasteiger partial charge < -0.3 is 14.2 Å². The number of ketones is 2. The van der Waals surface area contributed by atoms with Gasteiger partial charge in [-0.25, -0.2) is 0 Å². The van der Waals surface area contributed by atoms with E-state index in [0.29, 0.717) is 49.8 Å². The Morgan fingerprint density at radius 3 is 2.68 bits per heavy atom. The molecule has 0 radical (unpaired) electrons. The minimum atomic E-state index is -0.113. The lowest BCUT2D eigenvalue weighted by molar-refractivity contribution is -0.140. The Morgan fingerprint density at radius 1 is 1.00 bits per heavy atom. The van der Waals surface area contributed by atoms with E-state index in [9.17, 15) is 9.59 Å². The number of fused-ring (bicyclic) bond motifs is 5. The lowest BCUT2D eigenvalue weighted by atomic mass is 9.47. The highest BCUT2D eigenvalue weighted by Gasteiger charge is 2.60. The molecule has 28 heavy (non-hydrogen) atoms. The third-order valence-electron chi connectivity index (χ3n) is 8.35. The van der Waals surface area contributed by atoms with E-state index in [-0.39, 0.29) is 23.4 Å². The van der Waals surface area contributed by atoms with Crippen molar-refractivity contribution in [2.75, 3.05) is 33.7 Å². The summed E-state index contributed by atoms with van der Waals surface area (Å²) in [4.78, 5) is 24.7. The van der Waals surface area contributed by atoms with E-state index in [0.717, 1.165) is 44.9 Å². The zero-order valence-corrected chi connectivity index (χ0v) is 17.3. The first-order valence-corrected chi connectivity index (χ1v) is 10.9. The van der Waals surface area contributed by atoms with Crippen LogP contribution < -0.4 is 0 Å². The Labute approximate surface area is 168 Å². The maximum absolute atomic E-state index is 12.6. The molecule has 3 saturated carbocycles. The van der Waals surface area contributed by atoms with Crippen LogP contribution >= 0.6 is 0 Å². The summed E-state index contributed by atoms with van der Waals surface area (Å²) in [5, 5.41) is 0. The Balaban J connectivity index is 1.53. The lowest BCUT2D eigenvalue weighted by Gasteiger charge is -2.57. The molecule has 156 valence electrons. The van der Waals surface area contributed by atoms with Crippen LogP contribution in [0.25, 0.3) is 0 Å². The molecule has 4 aliphatic rings. The third-order valence-corrected chi connectivity index (χ3v) is 8.35. The summed E-state index contributed by atoms with van der Waals surface area (Å²) in [5.74, 6) is 2.34. The number of rotatable bonds is 7. The minimum Gasteiger partial charge on any atom is -0.382 e. The van der Waals surface area contributed by atoms with Gasteiger partial charge in [0.15, 0.2) is 5.78 Å². The van der Waals surface area contributed by atoms with Gasteiger partial charge in [-0.3, -0.25) is 9.59 Å². The van der Waals surface area contributed by atoms with Crippen LogP contribution in [0.4, 0.5) is 0 Å². The van der Waals surface area contributed by atoms with Crippen molar-refractivity contribution in [3.05, 3.63) is 11.6 Å². The molecule has 5 atom stereocenters. The highest BCUT2D eigenvalue weighted by atomic mass is 16.7. The van der Waals surface area contributed by atoms with Crippen molar-refractivity contribution in [2.24, 2.45) is 28.6 Å². The highest BCUT2D eigenvalue weighted by molar-refractivity contribution is 5.91. The zero-order valence-electron chi connectivity index (χ0n) is 17.3.